The first kappa shape index (κ1) is 13.5. The van der Waals surface area contributed by atoms with Crippen LogP contribution in [0.15, 0.2) is 36.4 Å². The van der Waals surface area contributed by atoms with Gasteiger partial charge in [0.15, 0.2) is 0 Å². The van der Waals surface area contributed by atoms with E-state index in [4.69, 9.17) is 4.74 Å². The molecule has 0 fully saturated rings. The van der Waals surface area contributed by atoms with Gasteiger partial charge in [0.2, 0.25) is 0 Å². The normalized spacial score (nSPS) is 10.0. The van der Waals surface area contributed by atoms with E-state index in [1.807, 2.05) is 38.1 Å². The Morgan fingerprint density at radius 1 is 1.35 bits per heavy atom. The summed E-state index contributed by atoms with van der Waals surface area (Å²) in [4.78, 5) is 11.7. The summed E-state index contributed by atoms with van der Waals surface area (Å²) in [5.74, 6) is -0.0658. The minimum atomic E-state index is -0.0658. The molecule has 1 aromatic carbocycles. The third-order valence-corrected chi connectivity index (χ3v) is 2.19. The van der Waals surface area contributed by atoms with E-state index >= 15 is 0 Å². The molecule has 0 saturated heterocycles. The first-order valence-corrected chi connectivity index (χ1v) is 5.66. The van der Waals surface area contributed by atoms with Gasteiger partial charge in [-0.05, 0) is 26.0 Å². The van der Waals surface area contributed by atoms with Gasteiger partial charge in [-0.3, -0.25) is 4.79 Å². The lowest BCUT2D eigenvalue weighted by Crippen LogP contribution is -2.27. The smallest absolute Gasteiger partial charge is 0.251 e. The summed E-state index contributed by atoms with van der Waals surface area (Å²) in [7, 11) is 0. The maximum Gasteiger partial charge on any atom is 0.251 e. The molecule has 0 aliphatic heterocycles. The van der Waals surface area contributed by atoms with Crippen LogP contribution in [0, 0.1) is 6.92 Å². The highest BCUT2D eigenvalue weighted by Crippen LogP contribution is 2.02. The van der Waals surface area contributed by atoms with Crippen LogP contribution in [0.5, 0.6) is 0 Å². The number of carbonyl (C=O) groups is 1. The van der Waals surface area contributed by atoms with Crippen molar-refractivity contribution in [1.29, 1.82) is 0 Å². The quantitative estimate of drug-likeness (QED) is 0.605. The van der Waals surface area contributed by atoms with Crippen molar-refractivity contribution in [2.45, 2.75) is 13.8 Å². The maximum absolute atomic E-state index is 11.7. The summed E-state index contributed by atoms with van der Waals surface area (Å²) in [6.45, 7) is 9.19. The Morgan fingerprint density at radius 2 is 2.00 bits per heavy atom. The van der Waals surface area contributed by atoms with Crippen LogP contribution in [0.1, 0.15) is 22.8 Å². The van der Waals surface area contributed by atoms with E-state index in [1.165, 1.54) is 0 Å². The number of nitrogens with one attached hydrogen (secondary N) is 1. The average molecular weight is 233 g/mol. The maximum atomic E-state index is 11.7. The molecule has 0 radical (unpaired) electrons. The highest BCUT2D eigenvalue weighted by Gasteiger charge is 2.03. The van der Waals surface area contributed by atoms with Crippen molar-refractivity contribution in [1.82, 2.24) is 5.32 Å². The van der Waals surface area contributed by atoms with E-state index in [-0.39, 0.29) is 5.91 Å². The standard InChI is InChI=1S/C14H19NO2/c1-11(2)10-17-9-8-15-14(16)13-6-4-12(3)5-7-13/h4-7H,1,8-10H2,2-3H3,(H,15,16). The number of rotatable bonds is 6. The van der Waals surface area contributed by atoms with E-state index in [0.29, 0.717) is 25.3 Å². The zero-order valence-corrected chi connectivity index (χ0v) is 10.5. The van der Waals surface area contributed by atoms with Crippen LogP contribution in [0.3, 0.4) is 0 Å². The summed E-state index contributed by atoms with van der Waals surface area (Å²) in [5.41, 5.74) is 2.80. The summed E-state index contributed by atoms with van der Waals surface area (Å²) >= 11 is 0. The molecule has 0 atom stereocenters. The fourth-order valence-electron chi connectivity index (χ4n) is 1.29. The van der Waals surface area contributed by atoms with Gasteiger partial charge in [0.1, 0.15) is 0 Å². The minimum absolute atomic E-state index is 0.0658. The lowest BCUT2D eigenvalue weighted by atomic mass is 10.1. The van der Waals surface area contributed by atoms with Crippen molar-refractivity contribution in [3.05, 3.63) is 47.5 Å². The molecule has 1 N–H and O–H groups in total. The monoisotopic (exact) mass is 233 g/mol. The number of benzene rings is 1. The summed E-state index contributed by atoms with van der Waals surface area (Å²) in [5, 5.41) is 2.80. The second-order valence-corrected chi connectivity index (χ2v) is 4.13. The Kier molecular flexibility index (Phi) is 5.43. The fraction of sp³-hybridized carbons (Fsp3) is 0.357. The summed E-state index contributed by atoms with van der Waals surface area (Å²) < 4.78 is 5.29. The van der Waals surface area contributed by atoms with Gasteiger partial charge in [0.25, 0.3) is 5.91 Å². The Balaban J connectivity index is 2.25. The van der Waals surface area contributed by atoms with E-state index in [0.717, 1.165) is 11.1 Å². The minimum Gasteiger partial charge on any atom is -0.375 e. The Hall–Kier alpha value is -1.61. The van der Waals surface area contributed by atoms with Crippen LogP contribution in [-0.2, 0) is 4.74 Å². The highest BCUT2D eigenvalue weighted by atomic mass is 16.5. The van der Waals surface area contributed by atoms with Crippen molar-refractivity contribution in [3.63, 3.8) is 0 Å². The van der Waals surface area contributed by atoms with Crippen LogP contribution >= 0.6 is 0 Å². The predicted molar refractivity (Wildman–Crippen MR) is 69.1 cm³/mol. The molecule has 0 aliphatic rings. The van der Waals surface area contributed by atoms with Gasteiger partial charge in [-0.2, -0.15) is 0 Å². The van der Waals surface area contributed by atoms with Crippen LogP contribution in [0.25, 0.3) is 0 Å². The summed E-state index contributed by atoms with van der Waals surface area (Å²) in [6.07, 6.45) is 0. The molecular weight excluding hydrogens is 214 g/mol. The summed E-state index contributed by atoms with van der Waals surface area (Å²) in [6, 6.07) is 7.48. The molecule has 0 unspecified atom stereocenters. The number of carbonyl (C=O) groups excluding carboxylic acids is 1. The molecule has 92 valence electrons. The second kappa shape index (κ2) is 6.86. The molecule has 0 spiro atoms. The lowest BCUT2D eigenvalue weighted by Gasteiger charge is -2.06. The Morgan fingerprint density at radius 3 is 2.59 bits per heavy atom. The molecule has 0 bridgehead atoms. The topological polar surface area (TPSA) is 38.3 Å². The fourth-order valence-corrected chi connectivity index (χ4v) is 1.29. The molecular formula is C14H19NO2. The van der Waals surface area contributed by atoms with E-state index in [1.54, 1.807) is 0 Å². The Bertz CT molecular complexity index is 382. The van der Waals surface area contributed by atoms with Crippen molar-refractivity contribution in [2.75, 3.05) is 19.8 Å². The molecule has 0 aliphatic carbocycles. The largest absolute Gasteiger partial charge is 0.375 e. The molecule has 1 amide bonds. The van der Waals surface area contributed by atoms with Gasteiger partial charge in [0.05, 0.1) is 13.2 Å². The second-order valence-electron chi connectivity index (χ2n) is 4.13. The molecule has 1 rings (SSSR count). The number of aryl methyl sites for hydroxylation is 1. The average Bonchev–Trinajstić information content (AvgIpc) is 2.29. The van der Waals surface area contributed by atoms with Gasteiger partial charge in [-0.15, -0.1) is 0 Å². The number of ether oxygens (including phenoxy) is 1. The van der Waals surface area contributed by atoms with Gasteiger partial charge < -0.3 is 10.1 Å². The molecule has 3 nitrogen and oxygen atoms in total. The van der Waals surface area contributed by atoms with Gasteiger partial charge in [-0.25, -0.2) is 0 Å². The van der Waals surface area contributed by atoms with E-state index in [2.05, 4.69) is 11.9 Å². The van der Waals surface area contributed by atoms with Crippen LogP contribution in [0.4, 0.5) is 0 Å². The van der Waals surface area contributed by atoms with Crippen LogP contribution < -0.4 is 5.32 Å². The molecule has 1 aromatic rings. The molecule has 0 heterocycles. The van der Waals surface area contributed by atoms with Crippen molar-refractivity contribution in [2.24, 2.45) is 0 Å². The SMILES string of the molecule is C=C(C)COCCNC(=O)c1ccc(C)cc1. The highest BCUT2D eigenvalue weighted by molar-refractivity contribution is 5.94. The third-order valence-electron chi connectivity index (χ3n) is 2.19. The van der Waals surface area contributed by atoms with Crippen molar-refractivity contribution >= 4 is 5.91 Å². The van der Waals surface area contributed by atoms with Crippen molar-refractivity contribution < 1.29 is 9.53 Å². The van der Waals surface area contributed by atoms with E-state index < -0.39 is 0 Å². The predicted octanol–water partition coefficient (Wildman–Crippen LogP) is 2.32. The van der Waals surface area contributed by atoms with E-state index in [9.17, 15) is 4.79 Å². The van der Waals surface area contributed by atoms with Crippen LogP contribution in [0.2, 0.25) is 0 Å². The van der Waals surface area contributed by atoms with Crippen molar-refractivity contribution in [3.8, 4) is 0 Å². The number of hydrogen-bond acceptors (Lipinski definition) is 2. The lowest BCUT2D eigenvalue weighted by molar-refractivity contribution is 0.0927. The van der Waals surface area contributed by atoms with Gasteiger partial charge in [-0.1, -0.05) is 29.8 Å². The molecule has 17 heavy (non-hydrogen) atoms. The first-order chi connectivity index (χ1) is 8.09. The Labute approximate surface area is 102 Å². The molecule has 3 heteroatoms. The van der Waals surface area contributed by atoms with Crippen LogP contribution in [-0.4, -0.2) is 25.7 Å². The van der Waals surface area contributed by atoms with Gasteiger partial charge in [0, 0.05) is 12.1 Å². The molecule has 0 saturated carbocycles. The number of amides is 1. The molecule has 0 aromatic heterocycles. The first-order valence-electron chi connectivity index (χ1n) is 5.66. The zero-order valence-electron chi connectivity index (χ0n) is 10.5. The van der Waals surface area contributed by atoms with Gasteiger partial charge >= 0.3 is 0 Å². The zero-order chi connectivity index (χ0) is 12.7. The number of hydrogen-bond donors (Lipinski definition) is 1. The third kappa shape index (κ3) is 5.31.